The van der Waals surface area contributed by atoms with Crippen molar-refractivity contribution in [2.24, 2.45) is 0 Å². The van der Waals surface area contributed by atoms with E-state index in [1.807, 2.05) is 6.92 Å². The van der Waals surface area contributed by atoms with Gasteiger partial charge in [-0.2, -0.15) is 0 Å². The number of esters is 1. The lowest BCUT2D eigenvalue weighted by atomic mass is 9.98. The predicted molar refractivity (Wildman–Crippen MR) is 87.5 cm³/mol. The van der Waals surface area contributed by atoms with Crippen molar-refractivity contribution in [2.75, 3.05) is 6.61 Å². The number of aromatic amines is 1. The summed E-state index contributed by atoms with van der Waals surface area (Å²) in [6.45, 7) is 13.7. The minimum Gasteiger partial charge on any atom is -0.462 e. The fourth-order valence-electron chi connectivity index (χ4n) is 2.48. The molecule has 22 heavy (non-hydrogen) atoms. The van der Waals surface area contributed by atoms with Crippen LogP contribution in [-0.2, 0) is 4.74 Å². The van der Waals surface area contributed by atoms with Gasteiger partial charge in [0.1, 0.15) is 0 Å². The lowest BCUT2D eigenvalue weighted by Crippen LogP contribution is -2.47. The first-order valence-electron chi connectivity index (χ1n) is 7.82. The maximum absolute atomic E-state index is 12.7. The van der Waals surface area contributed by atoms with Gasteiger partial charge in [0.25, 0.3) is 0 Å². The highest BCUT2D eigenvalue weighted by Crippen LogP contribution is 2.21. The van der Waals surface area contributed by atoms with E-state index in [1.54, 1.807) is 20.8 Å². The van der Waals surface area contributed by atoms with Gasteiger partial charge in [-0.1, -0.05) is 6.92 Å². The maximum atomic E-state index is 12.7. The van der Waals surface area contributed by atoms with Crippen molar-refractivity contribution in [3.05, 3.63) is 22.5 Å². The van der Waals surface area contributed by atoms with E-state index in [-0.39, 0.29) is 23.3 Å². The van der Waals surface area contributed by atoms with Gasteiger partial charge in [0.15, 0.2) is 5.78 Å². The van der Waals surface area contributed by atoms with Gasteiger partial charge in [0.05, 0.1) is 23.9 Å². The molecule has 1 aromatic heterocycles. The third-order valence-corrected chi connectivity index (χ3v) is 4.05. The van der Waals surface area contributed by atoms with Crippen LogP contribution in [0.25, 0.3) is 0 Å². The van der Waals surface area contributed by atoms with Crippen LogP contribution >= 0.6 is 0 Å². The fraction of sp³-hybridized carbons (Fsp3) is 0.647. The molecule has 0 amide bonds. The molecule has 1 rings (SSSR count). The lowest BCUT2D eigenvalue weighted by Gasteiger charge is -2.28. The predicted octanol–water partition coefficient (Wildman–Crippen LogP) is 3.16. The molecular weight excluding hydrogens is 280 g/mol. The number of Topliss-reactive ketones (excluding diaryl/α,β-unsaturated/α-hetero) is 1. The molecule has 5 heteroatoms. The molecule has 0 radical (unpaired) electrons. The second-order valence-electron chi connectivity index (χ2n) is 6.31. The monoisotopic (exact) mass is 308 g/mol. The van der Waals surface area contributed by atoms with Crippen molar-refractivity contribution in [2.45, 2.75) is 66.5 Å². The lowest BCUT2D eigenvalue weighted by molar-refractivity contribution is 0.0525. The number of rotatable bonds is 7. The topological polar surface area (TPSA) is 71.2 Å². The molecule has 0 saturated heterocycles. The summed E-state index contributed by atoms with van der Waals surface area (Å²) in [4.78, 5) is 27.7. The van der Waals surface area contributed by atoms with E-state index < -0.39 is 0 Å². The average molecular weight is 308 g/mol. The fourth-order valence-corrected chi connectivity index (χ4v) is 2.48. The first kappa shape index (κ1) is 18.4. The molecule has 1 aromatic rings. The van der Waals surface area contributed by atoms with E-state index in [2.05, 4.69) is 31.1 Å². The Morgan fingerprint density at radius 1 is 1.27 bits per heavy atom. The van der Waals surface area contributed by atoms with Crippen molar-refractivity contribution in [3.63, 3.8) is 0 Å². The maximum Gasteiger partial charge on any atom is 0.340 e. The van der Waals surface area contributed by atoms with Gasteiger partial charge < -0.3 is 15.0 Å². The molecule has 0 aliphatic heterocycles. The van der Waals surface area contributed by atoms with E-state index >= 15 is 0 Å². The zero-order valence-corrected chi connectivity index (χ0v) is 14.7. The number of hydrogen-bond donors (Lipinski definition) is 2. The number of aromatic nitrogens is 1. The summed E-state index contributed by atoms with van der Waals surface area (Å²) >= 11 is 0. The SMILES string of the molecule is CCOC(=O)c1c(C)[nH]c(C(=O)[C@H](C)NC(C)(C)CC)c1C. The molecule has 0 spiro atoms. The van der Waals surface area contributed by atoms with Crippen LogP contribution in [0.3, 0.4) is 0 Å². The Bertz CT molecular complexity index is 558. The molecule has 0 saturated carbocycles. The first-order chi connectivity index (χ1) is 10.1. The standard InChI is InChI=1S/C17H28N2O3/c1-8-17(6,7)19-12(5)15(20)14-10(3)13(11(4)18-14)16(21)22-9-2/h12,18-19H,8-9H2,1-7H3/t12-/m0/s1. The number of ketones is 1. The summed E-state index contributed by atoms with van der Waals surface area (Å²) in [6.07, 6.45) is 0.918. The molecule has 2 N–H and O–H groups in total. The number of ether oxygens (including phenoxy) is 1. The Hall–Kier alpha value is -1.62. The zero-order valence-electron chi connectivity index (χ0n) is 14.7. The zero-order chi connectivity index (χ0) is 17.1. The van der Waals surface area contributed by atoms with Crippen molar-refractivity contribution < 1.29 is 14.3 Å². The summed E-state index contributed by atoms with van der Waals surface area (Å²) < 4.78 is 5.06. The number of aryl methyl sites for hydroxylation is 1. The molecular formula is C17H28N2O3. The first-order valence-corrected chi connectivity index (χ1v) is 7.82. The third kappa shape index (κ3) is 3.97. The Balaban J connectivity index is 3.05. The van der Waals surface area contributed by atoms with Gasteiger partial charge in [0, 0.05) is 11.2 Å². The van der Waals surface area contributed by atoms with Crippen LogP contribution in [0.2, 0.25) is 0 Å². The van der Waals surface area contributed by atoms with Gasteiger partial charge in [-0.15, -0.1) is 0 Å². The average Bonchev–Trinajstić information content (AvgIpc) is 2.73. The highest BCUT2D eigenvalue weighted by atomic mass is 16.5. The minimum absolute atomic E-state index is 0.0438. The molecule has 1 atom stereocenters. The van der Waals surface area contributed by atoms with Gasteiger partial charge in [-0.05, 0) is 53.5 Å². The molecule has 0 unspecified atom stereocenters. The van der Waals surface area contributed by atoms with Crippen molar-refractivity contribution in [1.29, 1.82) is 0 Å². The van der Waals surface area contributed by atoms with Crippen LogP contribution in [0.5, 0.6) is 0 Å². The summed E-state index contributed by atoms with van der Waals surface area (Å²) in [7, 11) is 0. The molecule has 0 fully saturated rings. The van der Waals surface area contributed by atoms with E-state index in [1.165, 1.54) is 0 Å². The third-order valence-electron chi connectivity index (χ3n) is 4.05. The highest BCUT2D eigenvalue weighted by Gasteiger charge is 2.28. The molecule has 0 aliphatic carbocycles. The number of H-pyrrole nitrogens is 1. The van der Waals surface area contributed by atoms with Crippen molar-refractivity contribution in [3.8, 4) is 0 Å². The van der Waals surface area contributed by atoms with Crippen LogP contribution < -0.4 is 5.32 Å². The van der Waals surface area contributed by atoms with Gasteiger partial charge in [-0.3, -0.25) is 4.79 Å². The summed E-state index contributed by atoms with van der Waals surface area (Å²) in [5.41, 5.74) is 2.15. The van der Waals surface area contributed by atoms with Crippen LogP contribution in [0.1, 0.15) is 73.1 Å². The van der Waals surface area contributed by atoms with E-state index in [0.717, 1.165) is 6.42 Å². The normalized spacial score (nSPS) is 13.0. The summed E-state index contributed by atoms with van der Waals surface area (Å²) in [5, 5.41) is 3.33. The van der Waals surface area contributed by atoms with Crippen molar-refractivity contribution in [1.82, 2.24) is 10.3 Å². The van der Waals surface area contributed by atoms with E-state index in [4.69, 9.17) is 4.74 Å². The van der Waals surface area contributed by atoms with Crippen LogP contribution in [0.15, 0.2) is 0 Å². The molecule has 124 valence electrons. The van der Waals surface area contributed by atoms with E-state index in [0.29, 0.717) is 29.1 Å². The van der Waals surface area contributed by atoms with Crippen LogP contribution in [0.4, 0.5) is 0 Å². The second-order valence-corrected chi connectivity index (χ2v) is 6.31. The Morgan fingerprint density at radius 3 is 2.36 bits per heavy atom. The van der Waals surface area contributed by atoms with E-state index in [9.17, 15) is 9.59 Å². The summed E-state index contributed by atoms with van der Waals surface area (Å²) in [6, 6.07) is -0.332. The Labute approximate surface area is 132 Å². The molecule has 0 bridgehead atoms. The number of hydrogen-bond acceptors (Lipinski definition) is 4. The Kier molecular flexibility index (Phi) is 5.94. The number of nitrogens with one attached hydrogen (secondary N) is 2. The molecule has 0 aliphatic rings. The number of carbonyl (C=O) groups excluding carboxylic acids is 2. The van der Waals surface area contributed by atoms with Crippen molar-refractivity contribution >= 4 is 11.8 Å². The molecule has 1 heterocycles. The summed E-state index contributed by atoms with van der Waals surface area (Å²) in [5.74, 6) is -0.431. The number of carbonyl (C=O) groups is 2. The largest absolute Gasteiger partial charge is 0.462 e. The van der Waals surface area contributed by atoms with Gasteiger partial charge >= 0.3 is 5.97 Å². The van der Waals surface area contributed by atoms with Crippen LogP contribution in [0, 0.1) is 13.8 Å². The molecule has 5 nitrogen and oxygen atoms in total. The molecule has 0 aromatic carbocycles. The quantitative estimate of drug-likeness (QED) is 0.599. The van der Waals surface area contributed by atoms with Gasteiger partial charge in [0.2, 0.25) is 0 Å². The van der Waals surface area contributed by atoms with Gasteiger partial charge in [-0.25, -0.2) is 4.79 Å². The van der Waals surface area contributed by atoms with Crippen LogP contribution in [-0.4, -0.2) is 34.9 Å². The Morgan fingerprint density at radius 2 is 1.86 bits per heavy atom. The highest BCUT2D eigenvalue weighted by molar-refractivity contribution is 6.03. The smallest absolute Gasteiger partial charge is 0.340 e. The second kappa shape index (κ2) is 7.09. The minimum atomic E-state index is -0.387.